The number of nitrogens with one attached hydrogen (secondary N) is 1. The molecule has 0 aliphatic carbocycles. The molecular weight excluding hydrogens is 364 g/mol. The lowest BCUT2D eigenvalue weighted by atomic mass is 10.1. The second kappa shape index (κ2) is 8.26. The lowest BCUT2D eigenvalue weighted by molar-refractivity contribution is 0.102. The minimum absolute atomic E-state index is 0.152. The number of aryl methyl sites for hydroxylation is 2. The summed E-state index contributed by atoms with van der Waals surface area (Å²) in [6.07, 6.45) is 6.94. The molecule has 1 aliphatic heterocycles. The molecule has 3 heterocycles. The molecule has 2 aromatic heterocycles. The molecule has 0 unspecified atom stereocenters. The molecular formula is C22H24N6O. The Balaban J connectivity index is 1.43. The van der Waals surface area contributed by atoms with Crippen LogP contribution in [0.5, 0.6) is 0 Å². The lowest BCUT2D eigenvalue weighted by Crippen LogP contribution is -2.47. The molecule has 7 heteroatoms. The fourth-order valence-electron chi connectivity index (χ4n) is 3.59. The number of amides is 1. The number of nitrogens with zero attached hydrogens (tertiary/aromatic N) is 5. The van der Waals surface area contributed by atoms with Crippen LogP contribution in [0.4, 0.5) is 17.3 Å². The van der Waals surface area contributed by atoms with E-state index in [9.17, 15) is 4.79 Å². The highest BCUT2D eigenvalue weighted by molar-refractivity contribution is 6.04. The molecule has 29 heavy (non-hydrogen) atoms. The number of hydrogen-bond donors (Lipinski definition) is 1. The molecule has 1 aliphatic rings. The zero-order valence-electron chi connectivity index (χ0n) is 16.7. The number of carbonyl (C=O) groups excluding carboxylic acids is 1. The summed E-state index contributed by atoms with van der Waals surface area (Å²) in [7, 11) is 0. The molecule has 0 saturated carbocycles. The van der Waals surface area contributed by atoms with Crippen LogP contribution < -0.4 is 15.1 Å². The predicted octanol–water partition coefficient (Wildman–Crippen LogP) is 3.07. The molecule has 148 valence electrons. The fraction of sp³-hybridized carbons (Fsp3) is 0.273. The average molecular weight is 388 g/mol. The first kappa shape index (κ1) is 18.9. The Morgan fingerprint density at radius 2 is 1.55 bits per heavy atom. The Bertz CT molecular complexity index is 979. The van der Waals surface area contributed by atoms with E-state index >= 15 is 0 Å². The first-order chi connectivity index (χ1) is 14.1. The Labute approximate surface area is 170 Å². The van der Waals surface area contributed by atoms with Crippen molar-refractivity contribution in [2.24, 2.45) is 0 Å². The van der Waals surface area contributed by atoms with E-state index < -0.39 is 0 Å². The van der Waals surface area contributed by atoms with Crippen LogP contribution in [0.25, 0.3) is 0 Å². The normalized spacial score (nSPS) is 14.0. The van der Waals surface area contributed by atoms with Gasteiger partial charge in [-0.05, 0) is 49.2 Å². The number of benzene rings is 1. The number of hydrogen-bond acceptors (Lipinski definition) is 6. The summed E-state index contributed by atoms with van der Waals surface area (Å²) >= 11 is 0. The van der Waals surface area contributed by atoms with Crippen molar-refractivity contribution in [3.8, 4) is 0 Å². The molecule has 7 nitrogen and oxygen atoms in total. The molecule has 0 atom stereocenters. The van der Waals surface area contributed by atoms with Gasteiger partial charge < -0.3 is 15.1 Å². The van der Waals surface area contributed by atoms with Crippen LogP contribution in [0, 0.1) is 13.8 Å². The van der Waals surface area contributed by atoms with Crippen LogP contribution in [0.15, 0.2) is 55.1 Å². The smallest absolute Gasteiger partial charge is 0.257 e. The van der Waals surface area contributed by atoms with E-state index in [0.717, 1.165) is 54.6 Å². The molecule has 1 amide bonds. The Morgan fingerprint density at radius 3 is 2.24 bits per heavy atom. The Kier molecular flexibility index (Phi) is 5.37. The maximum absolute atomic E-state index is 12.7. The standard InChI is InChI=1S/C22H24N6O/c1-16-10-17(2)12-19(11-16)26-21(29)18-13-20(15-23-14-18)27-6-8-28(9-7-27)22-24-4-3-5-25-22/h3-5,10-15H,6-9H2,1-2H3,(H,26,29). The van der Waals surface area contributed by atoms with Crippen molar-refractivity contribution >= 4 is 23.2 Å². The van der Waals surface area contributed by atoms with Crippen molar-refractivity contribution < 1.29 is 4.79 Å². The lowest BCUT2D eigenvalue weighted by Gasteiger charge is -2.35. The highest BCUT2D eigenvalue weighted by atomic mass is 16.1. The van der Waals surface area contributed by atoms with Gasteiger partial charge in [-0.1, -0.05) is 6.07 Å². The highest BCUT2D eigenvalue weighted by Crippen LogP contribution is 2.20. The third-order valence-corrected chi connectivity index (χ3v) is 4.95. The van der Waals surface area contributed by atoms with E-state index in [2.05, 4.69) is 36.1 Å². The van der Waals surface area contributed by atoms with Gasteiger partial charge in [0.1, 0.15) is 0 Å². The zero-order valence-corrected chi connectivity index (χ0v) is 16.7. The summed E-state index contributed by atoms with van der Waals surface area (Å²) in [6, 6.07) is 9.73. The van der Waals surface area contributed by atoms with E-state index in [1.54, 1.807) is 18.6 Å². The Hall–Kier alpha value is -3.48. The second-order valence-corrected chi connectivity index (χ2v) is 7.29. The van der Waals surface area contributed by atoms with Crippen molar-refractivity contribution in [2.45, 2.75) is 13.8 Å². The number of aromatic nitrogens is 3. The van der Waals surface area contributed by atoms with Crippen LogP contribution in [-0.4, -0.2) is 47.0 Å². The van der Waals surface area contributed by atoms with Gasteiger partial charge in [-0.3, -0.25) is 9.78 Å². The van der Waals surface area contributed by atoms with Gasteiger partial charge in [0.15, 0.2) is 0 Å². The minimum atomic E-state index is -0.152. The SMILES string of the molecule is Cc1cc(C)cc(NC(=O)c2cncc(N3CCN(c4ncccn4)CC3)c2)c1. The van der Waals surface area contributed by atoms with Crippen molar-refractivity contribution in [1.29, 1.82) is 0 Å². The van der Waals surface area contributed by atoms with Crippen molar-refractivity contribution in [2.75, 3.05) is 41.3 Å². The van der Waals surface area contributed by atoms with E-state index in [0.29, 0.717) is 5.56 Å². The van der Waals surface area contributed by atoms with Gasteiger partial charge in [-0.25, -0.2) is 9.97 Å². The van der Waals surface area contributed by atoms with Gasteiger partial charge in [0.2, 0.25) is 5.95 Å². The molecule has 4 rings (SSSR count). The van der Waals surface area contributed by atoms with Crippen molar-refractivity contribution in [1.82, 2.24) is 15.0 Å². The minimum Gasteiger partial charge on any atom is -0.367 e. The van der Waals surface area contributed by atoms with Crippen molar-refractivity contribution in [3.05, 3.63) is 71.8 Å². The van der Waals surface area contributed by atoms with Gasteiger partial charge in [-0.15, -0.1) is 0 Å². The van der Waals surface area contributed by atoms with Crippen LogP contribution in [0.2, 0.25) is 0 Å². The van der Waals surface area contributed by atoms with E-state index in [1.807, 2.05) is 44.3 Å². The van der Waals surface area contributed by atoms with Gasteiger partial charge in [-0.2, -0.15) is 0 Å². The van der Waals surface area contributed by atoms with E-state index in [-0.39, 0.29) is 5.91 Å². The summed E-state index contributed by atoms with van der Waals surface area (Å²) < 4.78 is 0. The highest BCUT2D eigenvalue weighted by Gasteiger charge is 2.20. The second-order valence-electron chi connectivity index (χ2n) is 7.29. The molecule has 1 saturated heterocycles. The van der Waals surface area contributed by atoms with Crippen molar-refractivity contribution in [3.63, 3.8) is 0 Å². The maximum atomic E-state index is 12.7. The molecule has 1 aromatic carbocycles. The number of pyridine rings is 1. The molecule has 0 radical (unpaired) electrons. The third kappa shape index (κ3) is 4.51. The van der Waals surface area contributed by atoms with Gasteiger partial charge in [0.05, 0.1) is 17.4 Å². The van der Waals surface area contributed by atoms with Crippen LogP contribution in [0.1, 0.15) is 21.5 Å². The first-order valence-corrected chi connectivity index (χ1v) is 9.70. The largest absolute Gasteiger partial charge is 0.367 e. The third-order valence-electron chi connectivity index (χ3n) is 4.95. The maximum Gasteiger partial charge on any atom is 0.257 e. The number of carbonyl (C=O) groups is 1. The van der Waals surface area contributed by atoms with Gasteiger partial charge in [0, 0.05) is 50.5 Å². The summed E-state index contributed by atoms with van der Waals surface area (Å²) in [4.78, 5) is 30.1. The van der Waals surface area contributed by atoms with E-state index in [1.165, 1.54) is 0 Å². The predicted molar refractivity (Wildman–Crippen MR) is 115 cm³/mol. The molecule has 1 N–H and O–H groups in total. The number of anilines is 3. The first-order valence-electron chi connectivity index (χ1n) is 9.70. The fourth-order valence-corrected chi connectivity index (χ4v) is 3.59. The molecule has 3 aromatic rings. The zero-order chi connectivity index (χ0) is 20.2. The van der Waals surface area contributed by atoms with Crippen LogP contribution in [-0.2, 0) is 0 Å². The quantitative estimate of drug-likeness (QED) is 0.740. The summed E-state index contributed by atoms with van der Waals surface area (Å²) in [5.41, 5.74) is 4.54. The number of piperazine rings is 1. The summed E-state index contributed by atoms with van der Waals surface area (Å²) in [6.45, 7) is 7.33. The topological polar surface area (TPSA) is 74.2 Å². The van der Waals surface area contributed by atoms with Crippen LogP contribution >= 0.6 is 0 Å². The summed E-state index contributed by atoms with van der Waals surface area (Å²) in [5, 5.41) is 2.98. The molecule has 0 bridgehead atoms. The number of rotatable bonds is 4. The monoisotopic (exact) mass is 388 g/mol. The van der Waals surface area contributed by atoms with Crippen LogP contribution in [0.3, 0.4) is 0 Å². The van der Waals surface area contributed by atoms with Gasteiger partial charge >= 0.3 is 0 Å². The summed E-state index contributed by atoms with van der Waals surface area (Å²) in [5.74, 6) is 0.604. The molecule has 0 spiro atoms. The van der Waals surface area contributed by atoms with E-state index in [4.69, 9.17) is 0 Å². The molecule has 1 fully saturated rings. The average Bonchev–Trinajstić information content (AvgIpc) is 2.74. The Morgan fingerprint density at radius 1 is 0.897 bits per heavy atom. The van der Waals surface area contributed by atoms with Gasteiger partial charge in [0.25, 0.3) is 5.91 Å².